The number of fused-ring (bicyclic) bond motifs is 1. The number of para-hydroxylation sites is 2. The summed E-state index contributed by atoms with van der Waals surface area (Å²) in [6.45, 7) is 2.89. The fourth-order valence-corrected chi connectivity index (χ4v) is 3.55. The van der Waals surface area contributed by atoms with Crippen LogP contribution in [0.5, 0.6) is 0 Å². The third kappa shape index (κ3) is 3.76. The van der Waals surface area contributed by atoms with Crippen LogP contribution >= 0.6 is 0 Å². The van der Waals surface area contributed by atoms with Gasteiger partial charge < -0.3 is 5.32 Å². The van der Waals surface area contributed by atoms with Crippen LogP contribution in [0.4, 0.5) is 10.1 Å². The number of rotatable bonds is 7. The van der Waals surface area contributed by atoms with Crippen LogP contribution < -0.4 is 11.0 Å². The second kappa shape index (κ2) is 8.36. The molecule has 0 aliphatic carbocycles. The van der Waals surface area contributed by atoms with Crippen molar-refractivity contribution in [1.82, 2.24) is 18.9 Å². The minimum absolute atomic E-state index is 0.0998. The molecule has 30 heavy (non-hydrogen) atoms. The van der Waals surface area contributed by atoms with E-state index < -0.39 is 5.82 Å². The molecule has 2 aromatic heterocycles. The van der Waals surface area contributed by atoms with Gasteiger partial charge in [-0.3, -0.25) is 13.9 Å². The first-order chi connectivity index (χ1) is 14.6. The maximum Gasteiger partial charge on any atom is 0.329 e. The number of benzene rings is 2. The lowest BCUT2D eigenvalue weighted by Gasteiger charge is -2.09. The lowest BCUT2D eigenvalue weighted by atomic mass is 10.2. The van der Waals surface area contributed by atoms with Crippen LogP contribution in [-0.2, 0) is 17.9 Å². The van der Waals surface area contributed by atoms with Crippen LogP contribution in [0.1, 0.15) is 19.8 Å². The molecule has 0 saturated carbocycles. The van der Waals surface area contributed by atoms with Gasteiger partial charge in [0.2, 0.25) is 5.91 Å². The summed E-state index contributed by atoms with van der Waals surface area (Å²) in [5.41, 5.74) is 2.20. The number of anilines is 1. The summed E-state index contributed by atoms with van der Waals surface area (Å²) >= 11 is 0. The normalized spacial score (nSPS) is 11.1. The van der Waals surface area contributed by atoms with Crippen molar-refractivity contribution in [2.24, 2.45) is 0 Å². The van der Waals surface area contributed by atoms with Crippen LogP contribution in [0, 0.1) is 5.82 Å². The van der Waals surface area contributed by atoms with Crippen molar-refractivity contribution < 1.29 is 9.18 Å². The average Bonchev–Trinajstić information content (AvgIpc) is 3.35. The number of nitrogens with zero attached hydrogens (tertiary/aromatic N) is 4. The van der Waals surface area contributed by atoms with E-state index in [4.69, 9.17) is 0 Å². The molecule has 154 valence electrons. The van der Waals surface area contributed by atoms with Crippen molar-refractivity contribution in [1.29, 1.82) is 0 Å². The highest BCUT2D eigenvalue weighted by Gasteiger charge is 2.14. The van der Waals surface area contributed by atoms with Crippen LogP contribution in [0.2, 0.25) is 0 Å². The maximum atomic E-state index is 14.4. The Hall–Kier alpha value is -3.68. The standard InChI is InChI=1S/C22H22FN5O2/c1-2-12-26-19-6-3-4-7-20(19)27(22(26)30)14-10-21(29)25-16-8-9-18(17(23)15-16)28-13-5-11-24-28/h3-9,11,13,15H,2,10,12,14H2,1H3,(H,25,29). The first kappa shape index (κ1) is 19.6. The molecule has 0 aliphatic heterocycles. The number of carbonyl (C=O) groups excluding carboxylic acids is 1. The zero-order valence-electron chi connectivity index (χ0n) is 16.6. The summed E-state index contributed by atoms with van der Waals surface area (Å²) in [4.78, 5) is 25.2. The highest BCUT2D eigenvalue weighted by Crippen LogP contribution is 2.18. The van der Waals surface area contributed by atoms with E-state index in [9.17, 15) is 14.0 Å². The number of amides is 1. The molecule has 0 radical (unpaired) electrons. The molecular weight excluding hydrogens is 385 g/mol. The number of hydrogen-bond acceptors (Lipinski definition) is 3. The Morgan fingerprint density at radius 1 is 1.07 bits per heavy atom. The second-order valence-corrected chi connectivity index (χ2v) is 6.99. The van der Waals surface area contributed by atoms with Crippen molar-refractivity contribution in [2.45, 2.75) is 32.9 Å². The molecule has 4 rings (SSSR count). The van der Waals surface area contributed by atoms with Gasteiger partial charge in [0.25, 0.3) is 0 Å². The molecule has 0 bridgehead atoms. The van der Waals surface area contributed by atoms with Crippen molar-refractivity contribution in [3.8, 4) is 5.69 Å². The monoisotopic (exact) mass is 407 g/mol. The topological polar surface area (TPSA) is 73.8 Å². The molecule has 4 aromatic rings. The van der Waals surface area contributed by atoms with E-state index in [1.165, 1.54) is 10.7 Å². The second-order valence-electron chi connectivity index (χ2n) is 6.99. The van der Waals surface area contributed by atoms with Gasteiger partial charge in [-0.2, -0.15) is 5.10 Å². The van der Waals surface area contributed by atoms with E-state index >= 15 is 0 Å². The molecule has 7 nitrogen and oxygen atoms in total. The van der Waals surface area contributed by atoms with Gasteiger partial charge in [0.1, 0.15) is 5.69 Å². The Bertz CT molecular complexity index is 1240. The molecule has 0 unspecified atom stereocenters. The molecule has 2 heterocycles. The Balaban J connectivity index is 1.48. The number of aromatic nitrogens is 4. The average molecular weight is 407 g/mol. The van der Waals surface area contributed by atoms with Crippen LogP contribution in [0.15, 0.2) is 65.7 Å². The third-order valence-corrected chi connectivity index (χ3v) is 4.92. The van der Waals surface area contributed by atoms with Gasteiger partial charge in [0.15, 0.2) is 5.82 Å². The number of carbonyl (C=O) groups is 1. The number of nitrogens with one attached hydrogen (secondary N) is 1. The zero-order chi connectivity index (χ0) is 21.1. The molecule has 2 aromatic carbocycles. The summed E-state index contributed by atoms with van der Waals surface area (Å²) in [6, 6.07) is 13.7. The van der Waals surface area contributed by atoms with Gasteiger partial charge in [-0.1, -0.05) is 19.1 Å². The van der Waals surface area contributed by atoms with Gasteiger partial charge in [-0.15, -0.1) is 0 Å². The Labute approximate surface area is 172 Å². The van der Waals surface area contributed by atoms with E-state index in [1.54, 1.807) is 39.7 Å². The smallest absolute Gasteiger partial charge is 0.326 e. The molecule has 1 amide bonds. The minimum atomic E-state index is -0.490. The number of imidazole rings is 1. The number of aryl methyl sites for hydroxylation is 2. The van der Waals surface area contributed by atoms with Crippen LogP contribution in [0.25, 0.3) is 16.7 Å². The Kier molecular flexibility index (Phi) is 5.47. The predicted molar refractivity (Wildman–Crippen MR) is 113 cm³/mol. The van der Waals surface area contributed by atoms with Gasteiger partial charge in [0.05, 0.1) is 11.0 Å². The van der Waals surface area contributed by atoms with Crippen molar-refractivity contribution in [3.63, 3.8) is 0 Å². The summed E-state index contributed by atoms with van der Waals surface area (Å²) in [6.07, 6.45) is 4.15. The first-order valence-electron chi connectivity index (χ1n) is 9.86. The largest absolute Gasteiger partial charge is 0.329 e. The third-order valence-electron chi connectivity index (χ3n) is 4.92. The van der Waals surface area contributed by atoms with E-state index in [0.29, 0.717) is 17.9 Å². The summed E-state index contributed by atoms with van der Waals surface area (Å²) in [5.74, 6) is -0.782. The van der Waals surface area contributed by atoms with Gasteiger partial charge in [-0.25, -0.2) is 13.9 Å². The van der Waals surface area contributed by atoms with Crippen molar-refractivity contribution >= 4 is 22.6 Å². The molecule has 0 aliphatic rings. The summed E-state index contributed by atoms with van der Waals surface area (Å²) in [5, 5.41) is 6.70. The molecule has 8 heteroatoms. The van der Waals surface area contributed by atoms with Crippen LogP contribution in [-0.4, -0.2) is 24.8 Å². The van der Waals surface area contributed by atoms with Crippen molar-refractivity contribution in [2.75, 3.05) is 5.32 Å². The summed E-state index contributed by atoms with van der Waals surface area (Å²) < 4.78 is 19.1. The quantitative estimate of drug-likeness (QED) is 0.509. The highest BCUT2D eigenvalue weighted by atomic mass is 19.1. The highest BCUT2D eigenvalue weighted by molar-refractivity contribution is 5.90. The molecule has 0 fully saturated rings. The van der Waals surface area contributed by atoms with E-state index in [1.807, 2.05) is 31.2 Å². The van der Waals surface area contributed by atoms with Crippen molar-refractivity contribution in [3.05, 3.63) is 77.2 Å². The molecule has 0 atom stereocenters. The minimum Gasteiger partial charge on any atom is -0.326 e. The molecule has 0 spiro atoms. The van der Waals surface area contributed by atoms with E-state index in [0.717, 1.165) is 17.5 Å². The zero-order valence-corrected chi connectivity index (χ0v) is 16.6. The lowest BCUT2D eigenvalue weighted by Crippen LogP contribution is -2.26. The Morgan fingerprint density at radius 3 is 2.43 bits per heavy atom. The first-order valence-corrected chi connectivity index (χ1v) is 9.86. The molecular formula is C22H22FN5O2. The lowest BCUT2D eigenvalue weighted by molar-refractivity contribution is -0.116. The molecule has 0 saturated heterocycles. The SMILES string of the molecule is CCCn1c(=O)n(CCC(=O)Nc2ccc(-n3cccn3)c(F)c2)c2ccccc21. The van der Waals surface area contributed by atoms with Gasteiger partial charge in [0, 0.05) is 37.6 Å². The summed E-state index contributed by atoms with van der Waals surface area (Å²) in [7, 11) is 0. The fourth-order valence-electron chi connectivity index (χ4n) is 3.55. The predicted octanol–water partition coefficient (Wildman–Crippen LogP) is 3.57. The Morgan fingerprint density at radius 2 is 1.80 bits per heavy atom. The number of halogens is 1. The van der Waals surface area contributed by atoms with Crippen LogP contribution in [0.3, 0.4) is 0 Å². The van der Waals surface area contributed by atoms with Gasteiger partial charge in [-0.05, 0) is 42.8 Å². The molecule has 1 N–H and O–H groups in total. The number of hydrogen-bond donors (Lipinski definition) is 1. The van der Waals surface area contributed by atoms with E-state index in [2.05, 4.69) is 10.4 Å². The maximum absolute atomic E-state index is 14.4. The van der Waals surface area contributed by atoms with E-state index in [-0.39, 0.29) is 24.6 Å². The fraction of sp³-hybridized carbons (Fsp3) is 0.227. The van der Waals surface area contributed by atoms with Gasteiger partial charge >= 0.3 is 5.69 Å².